The van der Waals surface area contributed by atoms with E-state index < -0.39 is 0 Å². The number of hydrogen-bond acceptors (Lipinski definition) is 3. The topological polar surface area (TPSA) is 33.6 Å². The van der Waals surface area contributed by atoms with Crippen molar-refractivity contribution in [2.45, 2.75) is 19.4 Å². The molecule has 1 unspecified atom stereocenters. The van der Waals surface area contributed by atoms with E-state index in [1.165, 1.54) is 5.57 Å². The molecule has 3 nitrogen and oxygen atoms in total. The molecule has 4 heteroatoms. The van der Waals surface area contributed by atoms with Crippen LogP contribution in [0.2, 0.25) is 0 Å². The van der Waals surface area contributed by atoms with Gasteiger partial charge in [-0.3, -0.25) is 0 Å². The van der Waals surface area contributed by atoms with E-state index in [1.54, 1.807) is 0 Å². The zero-order valence-electron chi connectivity index (χ0n) is 7.09. The molecular weight excluding hydrogens is 176 g/mol. The predicted molar refractivity (Wildman–Crippen MR) is 50.5 cm³/mol. The van der Waals surface area contributed by atoms with Gasteiger partial charge >= 0.3 is 0 Å². The molecular formula is C8H13ClN2O. The lowest BCUT2D eigenvalue weighted by atomic mass is 10.1. The molecule has 0 amide bonds. The number of nitrogens with one attached hydrogen (secondary N) is 1. The fourth-order valence-corrected chi connectivity index (χ4v) is 1.25. The van der Waals surface area contributed by atoms with Crippen LogP contribution in [0.4, 0.5) is 0 Å². The monoisotopic (exact) mass is 188 g/mol. The molecule has 0 aromatic carbocycles. The van der Waals surface area contributed by atoms with Crippen LogP contribution in [0.5, 0.6) is 0 Å². The Morgan fingerprint density at radius 2 is 2.75 bits per heavy atom. The van der Waals surface area contributed by atoms with Crippen molar-refractivity contribution < 1.29 is 4.84 Å². The molecule has 1 aliphatic rings. The normalized spacial score (nSPS) is 24.2. The van der Waals surface area contributed by atoms with E-state index in [9.17, 15) is 0 Å². The van der Waals surface area contributed by atoms with Crippen LogP contribution < -0.4 is 5.32 Å². The Hall–Kier alpha value is -0.540. The van der Waals surface area contributed by atoms with Gasteiger partial charge in [-0.25, -0.2) is 0 Å². The number of rotatable bonds is 3. The smallest absolute Gasteiger partial charge is 0.139 e. The summed E-state index contributed by atoms with van der Waals surface area (Å²) in [6.45, 7) is 3.68. The van der Waals surface area contributed by atoms with Crippen LogP contribution in [-0.4, -0.2) is 24.9 Å². The van der Waals surface area contributed by atoms with Gasteiger partial charge in [0.15, 0.2) is 0 Å². The summed E-state index contributed by atoms with van der Waals surface area (Å²) >= 11 is 5.20. The summed E-state index contributed by atoms with van der Waals surface area (Å²) in [4.78, 5) is 4.92. The van der Waals surface area contributed by atoms with E-state index >= 15 is 0 Å². The third-order valence-corrected chi connectivity index (χ3v) is 1.98. The molecule has 1 N–H and O–H groups in total. The van der Waals surface area contributed by atoms with E-state index in [4.69, 9.17) is 16.4 Å². The Labute approximate surface area is 77.4 Å². The molecule has 0 spiro atoms. The Balaban J connectivity index is 2.33. The number of oxime groups is 1. The summed E-state index contributed by atoms with van der Waals surface area (Å²) in [5.41, 5.74) is 2.37. The molecule has 12 heavy (non-hydrogen) atoms. The molecule has 0 aromatic heterocycles. The molecule has 1 rings (SSSR count). The zero-order valence-corrected chi connectivity index (χ0v) is 7.84. The second-order valence-electron chi connectivity index (χ2n) is 2.72. The largest absolute Gasteiger partial charge is 0.391 e. The van der Waals surface area contributed by atoms with Crippen LogP contribution in [-0.2, 0) is 4.84 Å². The van der Waals surface area contributed by atoms with E-state index in [2.05, 4.69) is 23.5 Å². The fourth-order valence-electron chi connectivity index (χ4n) is 1.19. The fraction of sp³-hybridized carbons (Fsp3) is 0.625. The van der Waals surface area contributed by atoms with Crippen molar-refractivity contribution in [3.63, 3.8) is 0 Å². The van der Waals surface area contributed by atoms with Gasteiger partial charge in [-0.05, 0) is 25.5 Å². The highest BCUT2D eigenvalue weighted by Gasteiger charge is 2.11. The SMILES string of the molecule is CC1NCCC=C1CON=CCl. The minimum Gasteiger partial charge on any atom is -0.391 e. The summed E-state index contributed by atoms with van der Waals surface area (Å²) in [7, 11) is 0. The highest BCUT2D eigenvalue weighted by atomic mass is 35.5. The van der Waals surface area contributed by atoms with Crippen LogP contribution in [0.15, 0.2) is 16.8 Å². The average molecular weight is 189 g/mol. The van der Waals surface area contributed by atoms with Crippen LogP contribution in [0.1, 0.15) is 13.3 Å². The first-order valence-electron chi connectivity index (χ1n) is 4.01. The predicted octanol–water partition coefficient (Wildman–Crippen LogP) is 1.49. The maximum absolute atomic E-state index is 5.20. The quantitative estimate of drug-likeness (QED) is 0.414. The van der Waals surface area contributed by atoms with Crippen LogP contribution >= 0.6 is 11.6 Å². The molecule has 0 bridgehead atoms. The second kappa shape index (κ2) is 5.17. The second-order valence-corrected chi connectivity index (χ2v) is 2.92. The van der Waals surface area contributed by atoms with Gasteiger partial charge in [0.05, 0.1) is 0 Å². The van der Waals surface area contributed by atoms with Gasteiger partial charge in [0.1, 0.15) is 12.3 Å². The Morgan fingerprint density at radius 1 is 1.92 bits per heavy atom. The molecule has 0 aromatic rings. The third-order valence-electron chi connectivity index (χ3n) is 1.90. The number of hydrogen-bond donors (Lipinski definition) is 1. The first-order chi connectivity index (χ1) is 5.84. The Morgan fingerprint density at radius 3 is 3.42 bits per heavy atom. The van der Waals surface area contributed by atoms with E-state index in [0.717, 1.165) is 18.6 Å². The molecule has 0 aliphatic carbocycles. The summed E-state index contributed by atoms with van der Waals surface area (Å²) in [5, 5.41) is 6.80. The summed E-state index contributed by atoms with van der Waals surface area (Å²) in [6.07, 6.45) is 3.25. The first kappa shape index (κ1) is 9.55. The maximum atomic E-state index is 5.20. The van der Waals surface area contributed by atoms with Crippen molar-refractivity contribution in [1.82, 2.24) is 5.32 Å². The number of nitrogens with zero attached hydrogens (tertiary/aromatic N) is 1. The van der Waals surface area contributed by atoms with E-state index in [0.29, 0.717) is 12.6 Å². The lowest BCUT2D eigenvalue weighted by Gasteiger charge is -2.20. The lowest BCUT2D eigenvalue weighted by molar-refractivity contribution is 0.164. The summed E-state index contributed by atoms with van der Waals surface area (Å²) in [6, 6.07) is 0.393. The van der Waals surface area contributed by atoms with Crippen molar-refractivity contribution in [2.75, 3.05) is 13.2 Å². The van der Waals surface area contributed by atoms with Crippen molar-refractivity contribution in [3.8, 4) is 0 Å². The van der Waals surface area contributed by atoms with Gasteiger partial charge in [0.25, 0.3) is 0 Å². The summed E-state index contributed by atoms with van der Waals surface area (Å²) in [5.74, 6) is 0. The molecule has 0 fully saturated rings. The highest BCUT2D eigenvalue weighted by molar-refractivity contribution is 6.56. The van der Waals surface area contributed by atoms with Gasteiger partial charge in [-0.1, -0.05) is 22.8 Å². The molecule has 68 valence electrons. The van der Waals surface area contributed by atoms with Gasteiger partial charge in [0.2, 0.25) is 0 Å². The maximum Gasteiger partial charge on any atom is 0.139 e. The van der Waals surface area contributed by atoms with Crippen molar-refractivity contribution in [2.24, 2.45) is 5.16 Å². The van der Waals surface area contributed by atoms with Crippen molar-refractivity contribution >= 4 is 17.3 Å². The minimum atomic E-state index is 0.393. The Kier molecular flexibility index (Phi) is 4.11. The van der Waals surface area contributed by atoms with Gasteiger partial charge < -0.3 is 10.2 Å². The highest BCUT2D eigenvalue weighted by Crippen LogP contribution is 2.08. The molecule has 1 aliphatic heterocycles. The van der Waals surface area contributed by atoms with Gasteiger partial charge in [0, 0.05) is 6.04 Å². The number of halogens is 1. The standard InChI is InChI=1S/C8H13ClN2O/c1-7-8(3-2-4-10-7)5-12-11-6-9/h3,6-7,10H,2,4-5H2,1H3. The zero-order chi connectivity index (χ0) is 8.81. The van der Waals surface area contributed by atoms with E-state index in [1.807, 2.05) is 0 Å². The van der Waals surface area contributed by atoms with Gasteiger partial charge in [-0.15, -0.1) is 0 Å². The molecule has 1 atom stereocenters. The first-order valence-corrected chi connectivity index (χ1v) is 4.44. The van der Waals surface area contributed by atoms with Crippen LogP contribution in [0.25, 0.3) is 0 Å². The van der Waals surface area contributed by atoms with Gasteiger partial charge in [-0.2, -0.15) is 0 Å². The van der Waals surface area contributed by atoms with Crippen molar-refractivity contribution in [1.29, 1.82) is 0 Å². The molecule has 0 radical (unpaired) electrons. The Bertz CT molecular complexity index is 191. The van der Waals surface area contributed by atoms with Crippen LogP contribution in [0, 0.1) is 0 Å². The molecule has 0 saturated carbocycles. The average Bonchev–Trinajstić information content (AvgIpc) is 2.09. The van der Waals surface area contributed by atoms with Crippen molar-refractivity contribution in [3.05, 3.63) is 11.6 Å². The van der Waals surface area contributed by atoms with E-state index in [-0.39, 0.29) is 0 Å². The minimum absolute atomic E-state index is 0.393. The lowest BCUT2D eigenvalue weighted by Crippen LogP contribution is -2.33. The third kappa shape index (κ3) is 2.83. The molecule has 1 heterocycles. The van der Waals surface area contributed by atoms with Crippen LogP contribution in [0.3, 0.4) is 0 Å². The summed E-state index contributed by atoms with van der Waals surface area (Å²) < 4.78 is 0. The molecule has 0 saturated heterocycles.